The zero-order valence-corrected chi connectivity index (χ0v) is 20.3. The van der Waals surface area contributed by atoms with Crippen LogP contribution in [0.3, 0.4) is 0 Å². The van der Waals surface area contributed by atoms with Gasteiger partial charge in [0, 0.05) is 36.3 Å². The molecule has 176 valence electrons. The van der Waals surface area contributed by atoms with Crippen LogP contribution in [-0.4, -0.2) is 35.1 Å². The number of amides is 2. The van der Waals surface area contributed by atoms with E-state index in [1.165, 1.54) is 11.1 Å². The lowest BCUT2D eigenvalue weighted by molar-refractivity contribution is 0.262. The Morgan fingerprint density at radius 1 is 1.12 bits per heavy atom. The van der Waals surface area contributed by atoms with Gasteiger partial charge < -0.3 is 20.9 Å². The van der Waals surface area contributed by atoms with E-state index in [2.05, 4.69) is 43.8 Å². The van der Waals surface area contributed by atoms with Crippen molar-refractivity contribution in [2.45, 2.75) is 38.1 Å². The highest BCUT2D eigenvalue weighted by Gasteiger charge is 2.28. The fraction of sp³-hybridized carbons (Fsp3) is 0.320. The smallest absolute Gasteiger partial charge is 0.323 e. The van der Waals surface area contributed by atoms with E-state index >= 15 is 0 Å². The lowest BCUT2D eigenvalue weighted by Gasteiger charge is -2.34. The van der Waals surface area contributed by atoms with Crippen LogP contribution >= 0.6 is 23.2 Å². The molecule has 0 aliphatic carbocycles. The largest absolute Gasteiger partial charge is 0.367 e. The molecule has 2 aliphatic heterocycles. The Morgan fingerprint density at radius 2 is 1.91 bits per heavy atom. The quantitative estimate of drug-likeness (QED) is 0.402. The Morgan fingerprint density at radius 3 is 2.74 bits per heavy atom. The van der Waals surface area contributed by atoms with Crippen molar-refractivity contribution in [3.8, 4) is 0 Å². The maximum absolute atomic E-state index is 12.6. The Balaban J connectivity index is 1.29. The van der Waals surface area contributed by atoms with E-state index in [4.69, 9.17) is 23.2 Å². The van der Waals surface area contributed by atoms with Crippen molar-refractivity contribution < 1.29 is 4.79 Å². The van der Waals surface area contributed by atoms with E-state index in [0.29, 0.717) is 27.7 Å². The normalized spacial score (nSPS) is 19.3. The van der Waals surface area contributed by atoms with Gasteiger partial charge in [0.05, 0.1) is 15.7 Å². The van der Waals surface area contributed by atoms with Crippen LogP contribution in [-0.2, 0) is 6.42 Å². The van der Waals surface area contributed by atoms with Crippen LogP contribution in [0.5, 0.6) is 0 Å². The number of hydrogen-bond donors (Lipinski definition) is 3. The molecule has 5 rings (SSSR count). The summed E-state index contributed by atoms with van der Waals surface area (Å²) < 4.78 is 0. The number of carbonyl (C=O) groups is 1. The highest BCUT2D eigenvalue weighted by molar-refractivity contribution is 6.39. The van der Waals surface area contributed by atoms with Gasteiger partial charge in [-0.25, -0.2) is 14.8 Å². The maximum Gasteiger partial charge on any atom is 0.323 e. The molecule has 2 aliphatic rings. The van der Waals surface area contributed by atoms with Crippen LogP contribution in [0.25, 0.3) is 0 Å². The first-order valence-electron chi connectivity index (χ1n) is 11.5. The molecule has 1 saturated heterocycles. The van der Waals surface area contributed by atoms with E-state index in [-0.39, 0.29) is 0 Å². The Bertz CT molecular complexity index is 1200. The summed E-state index contributed by atoms with van der Waals surface area (Å²) in [6.45, 7) is 4.02. The van der Waals surface area contributed by atoms with E-state index in [1.807, 2.05) is 18.2 Å². The molecule has 0 saturated carbocycles. The molecule has 0 spiro atoms. The lowest BCUT2D eigenvalue weighted by atomic mass is 9.90. The molecule has 0 radical (unpaired) electrons. The minimum atomic E-state index is -0.393. The van der Waals surface area contributed by atoms with Crippen molar-refractivity contribution in [2.24, 2.45) is 0 Å². The first kappa shape index (κ1) is 22.7. The number of hydrogen-bond acceptors (Lipinski definition) is 5. The molecule has 2 unspecified atom stereocenters. The van der Waals surface area contributed by atoms with Gasteiger partial charge in [-0.3, -0.25) is 0 Å². The molecule has 1 fully saturated rings. The zero-order valence-electron chi connectivity index (χ0n) is 18.8. The fourth-order valence-corrected chi connectivity index (χ4v) is 5.28. The minimum absolute atomic E-state index is 0.342. The average Bonchev–Trinajstić information content (AvgIpc) is 3.22. The predicted octanol–water partition coefficient (Wildman–Crippen LogP) is 6.17. The van der Waals surface area contributed by atoms with E-state index < -0.39 is 6.03 Å². The molecule has 7 nitrogen and oxygen atoms in total. The van der Waals surface area contributed by atoms with Crippen LogP contribution in [0.1, 0.15) is 36.8 Å². The van der Waals surface area contributed by atoms with Gasteiger partial charge in [-0.1, -0.05) is 41.4 Å². The monoisotopic (exact) mass is 496 g/mol. The lowest BCUT2D eigenvalue weighted by Crippen LogP contribution is -2.35. The minimum Gasteiger partial charge on any atom is -0.367 e. The van der Waals surface area contributed by atoms with Gasteiger partial charge in [-0.2, -0.15) is 0 Å². The third kappa shape index (κ3) is 4.76. The SMILES string of the molecule is CC1Cc2c(ncnc2N2CCCC(c3cccc(NC(=O)Nc4c(Cl)cccc4Cl)c3)C2)N1. The summed E-state index contributed by atoms with van der Waals surface area (Å²) in [5.41, 5.74) is 3.51. The summed E-state index contributed by atoms with van der Waals surface area (Å²) in [4.78, 5) is 24.0. The third-order valence-corrected chi connectivity index (χ3v) is 6.98. The van der Waals surface area contributed by atoms with E-state index in [1.54, 1.807) is 24.5 Å². The van der Waals surface area contributed by atoms with Crippen molar-refractivity contribution in [3.05, 3.63) is 70.0 Å². The van der Waals surface area contributed by atoms with Gasteiger partial charge in [0.1, 0.15) is 18.0 Å². The fourth-order valence-electron chi connectivity index (χ4n) is 4.78. The van der Waals surface area contributed by atoms with Crippen molar-refractivity contribution in [1.29, 1.82) is 0 Å². The number of piperidine rings is 1. The molecule has 34 heavy (non-hydrogen) atoms. The van der Waals surface area contributed by atoms with Crippen LogP contribution < -0.4 is 20.9 Å². The number of para-hydroxylation sites is 1. The van der Waals surface area contributed by atoms with Crippen molar-refractivity contribution >= 4 is 52.2 Å². The number of carbonyl (C=O) groups excluding carboxylic acids is 1. The number of anilines is 4. The van der Waals surface area contributed by atoms with Crippen molar-refractivity contribution in [3.63, 3.8) is 0 Å². The van der Waals surface area contributed by atoms with Crippen LogP contribution in [0.4, 0.5) is 27.8 Å². The van der Waals surface area contributed by atoms with E-state index in [0.717, 1.165) is 49.7 Å². The Hall–Kier alpha value is -3.03. The summed E-state index contributed by atoms with van der Waals surface area (Å²) in [7, 11) is 0. The molecule has 2 atom stereocenters. The number of fused-ring (bicyclic) bond motifs is 1. The Labute approximate surface area is 208 Å². The molecular formula is C25H26Cl2N6O. The molecule has 1 aromatic heterocycles. The van der Waals surface area contributed by atoms with Gasteiger partial charge in [-0.15, -0.1) is 0 Å². The standard InChI is InChI=1S/C25H26Cl2N6O/c1-15-11-19-23(30-15)28-14-29-24(19)33-10-4-6-17(13-33)16-5-2-7-18(12-16)31-25(34)32-22-20(26)8-3-9-21(22)27/h2-3,5,7-9,12,14-15,17H,4,6,10-11,13H2,1H3,(H,28,29,30)(H2,31,32,34). The number of aromatic nitrogens is 2. The number of rotatable bonds is 4. The predicted molar refractivity (Wildman–Crippen MR) is 139 cm³/mol. The molecule has 0 bridgehead atoms. The first-order chi connectivity index (χ1) is 16.5. The second-order valence-corrected chi connectivity index (χ2v) is 9.67. The first-order valence-corrected chi connectivity index (χ1v) is 12.2. The molecule has 2 amide bonds. The molecule has 3 N–H and O–H groups in total. The number of nitrogens with zero attached hydrogens (tertiary/aromatic N) is 3. The van der Waals surface area contributed by atoms with Crippen LogP contribution in [0.15, 0.2) is 48.8 Å². The summed E-state index contributed by atoms with van der Waals surface area (Å²) in [6, 6.07) is 13.1. The number of nitrogens with one attached hydrogen (secondary N) is 3. The number of halogens is 2. The second-order valence-electron chi connectivity index (χ2n) is 8.86. The molecule has 3 aromatic rings. The van der Waals surface area contributed by atoms with Gasteiger partial charge in [0.15, 0.2) is 0 Å². The Kier molecular flexibility index (Phi) is 6.48. The average molecular weight is 497 g/mol. The van der Waals surface area contributed by atoms with Crippen LogP contribution in [0.2, 0.25) is 10.0 Å². The third-order valence-electron chi connectivity index (χ3n) is 6.35. The molecule has 3 heterocycles. The second kappa shape index (κ2) is 9.68. The summed E-state index contributed by atoms with van der Waals surface area (Å²) in [6.07, 6.45) is 4.76. The summed E-state index contributed by atoms with van der Waals surface area (Å²) in [5.74, 6) is 2.33. The van der Waals surface area contributed by atoms with Crippen molar-refractivity contribution in [2.75, 3.05) is 33.9 Å². The van der Waals surface area contributed by atoms with Gasteiger partial charge in [-0.05, 0) is 56.0 Å². The van der Waals surface area contributed by atoms with Crippen molar-refractivity contribution in [1.82, 2.24) is 9.97 Å². The van der Waals surface area contributed by atoms with E-state index in [9.17, 15) is 4.79 Å². The topological polar surface area (TPSA) is 82.2 Å². The zero-order chi connectivity index (χ0) is 23.7. The number of benzene rings is 2. The van der Waals surface area contributed by atoms with Gasteiger partial charge in [0.25, 0.3) is 0 Å². The number of urea groups is 1. The molecule has 9 heteroatoms. The summed E-state index contributed by atoms with van der Waals surface area (Å²) in [5, 5.41) is 9.84. The van der Waals surface area contributed by atoms with Gasteiger partial charge >= 0.3 is 6.03 Å². The highest BCUT2D eigenvalue weighted by atomic mass is 35.5. The van der Waals surface area contributed by atoms with Gasteiger partial charge in [0.2, 0.25) is 0 Å². The maximum atomic E-state index is 12.6. The van der Waals surface area contributed by atoms with Crippen LogP contribution in [0, 0.1) is 0 Å². The molecule has 2 aromatic carbocycles. The molecular weight excluding hydrogens is 471 g/mol. The summed E-state index contributed by atoms with van der Waals surface area (Å²) >= 11 is 12.3. The highest BCUT2D eigenvalue weighted by Crippen LogP contribution is 2.36.